The van der Waals surface area contributed by atoms with Crippen LogP contribution >= 0.6 is 11.6 Å². The number of amides is 1. The Bertz CT molecular complexity index is 419. The Morgan fingerprint density at radius 2 is 2.31 bits per heavy atom. The number of halogens is 1. The summed E-state index contributed by atoms with van der Waals surface area (Å²) < 4.78 is 0. The van der Waals surface area contributed by atoms with Gasteiger partial charge in [0.1, 0.15) is 5.75 Å². The number of alkyl halides is 1. The van der Waals surface area contributed by atoms with Crippen LogP contribution in [0.15, 0.2) is 18.2 Å². The second-order valence-corrected chi connectivity index (χ2v) is 4.51. The number of rotatable bonds is 2. The van der Waals surface area contributed by atoms with Crippen LogP contribution in [0.3, 0.4) is 0 Å². The molecule has 86 valence electrons. The normalized spacial score (nSPS) is 20.5. The number of phenols is 1. The maximum atomic E-state index is 11.8. The molecule has 1 aliphatic heterocycles. The predicted octanol–water partition coefficient (Wildman–Crippen LogP) is 2.29. The monoisotopic (exact) mass is 239 g/mol. The molecule has 2 rings (SSSR count). The lowest BCUT2D eigenvalue weighted by molar-refractivity contribution is -0.117. The first-order chi connectivity index (χ1) is 7.61. The molecule has 0 aromatic heterocycles. The molecule has 16 heavy (non-hydrogen) atoms. The van der Waals surface area contributed by atoms with Gasteiger partial charge in [-0.1, -0.05) is 6.07 Å². The third-order valence-electron chi connectivity index (χ3n) is 2.91. The molecule has 1 aromatic carbocycles. The van der Waals surface area contributed by atoms with Crippen LogP contribution in [0.25, 0.3) is 0 Å². The zero-order chi connectivity index (χ0) is 11.7. The topological polar surface area (TPSA) is 40.5 Å². The van der Waals surface area contributed by atoms with E-state index in [4.69, 9.17) is 11.6 Å². The van der Waals surface area contributed by atoms with Gasteiger partial charge < -0.3 is 10.0 Å². The number of phenolic OH excluding ortho intramolecular Hbond substituents is 1. The zero-order valence-corrected chi connectivity index (χ0v) is 9.87. The molecule has 1 amide bonds. The Morgan fingerprint density at radius 1 is 1.56 bits per heavy atom. The number of aromatic hydroxyl groups is 1. The maximum Gasteiger partial charge on any atom is 0.227 e. The lowest BCUT2D eigenvalue weighted by atomic mass is 10.1. The number of nitrogens with zero attached hydrogens (tertiary/aromatic N) is 1. The van der Waals surface area contributed by atoms with Gasteiger partial charge in [0.05, 0.1) is 5.69 Å². The molecule has 0 spiro atoms. The Hall–Kier alpha value is -1.22. The fourth-order valence-electron chi connectivity index (χ4n) is 2.01. The average Bonchev–Trinajstić information content (AvgIpc) is 2.63. The predicted molar refractivity (Wildman–Crippen MR) is 64.0 cm³/mol. The Labute approximate surface area is 99.6 Å². The molecule has 4 heteroatoms. The molecule has 0 bridgehead atoms. The number of anilines is 1. The van der Waals surface area contributed by atoms with Crippen molar-refractivity contribution in [3.8, 4) is 5.75 Å². The van der Waals surface area contributed by atoms with Crippen molar-refractivity contribution in [3.63, 3.8) is 0 Å². The van der Waals surface area contributed by atoms with Crippen molar-refractivity contribution in [2.24, 2.45) is 5.92 Å². The fourth-order valence-corrected chi connectivity index (χ4v) is 2.21. The van der Waals surface area contributed by atoms with Crippen LogP contribution < -0.4 is 4.90 Å². The van der Waals surface area contributed by atoms with E-state index in [0.717, 1.165) is 11.3 Å². The van der Waals surface area contributed by atoms with Crippen LogP contribution in [0.1, 0.15) is 12.0 Å². The van der Waals surface area contributed by atoms with Gasteiger partial charge >= 0.3 is 0 Å². The molecule has 1 saturated heterocycles. The Balaban J connectivity index is 2.30. The van der Waals surface area contributed by atoms with E-state index in [-0.39, 0.29) is 17.6 Å². The van der Waals surface area contributed by atoms with Gasteiger partial charge in [0, 0.05) is 24.9 Å². The van der Waals surface area contributed by atoms with Crippen molar-refractivity contribution in [1.29, 1.82) is 0 Å². The van der Waals surface area contributed by atoms with E-state index in [0.29, 0.717) is 18.8 Å². The summed E-state index contributed by atoms with van der Waals surface area (Å²) in [4.78, 5) is 13.5. The van der Waals surface area contributed by atoms with Gasteiger partial charge in [0.2, 0.25) is 5.91 Å². The number of hydrogen-bond acceptors (Lipinski definition) is 2. The van der Waals surface area contributed by atoms with Gasteiger partial charge in [-0.15, -0.1) is 11.6 Å². The summed E-state index contributed by atoms with van der Waals surface area (Å²) >= 11 is 5.77. The maximum absolute atomic E-state index is 11.8. The summed E-state index contributed by atoms with van der Waals surface area (Å²) in [6.45, 7) is 2.57. The van der Waals surface area contributed by atoms with Crippen LogP contribution in [-0.2, 0) is 4.79 Å². The minimum absolute atomic E-state index is 0.0827. The minimum Gasteiger partial charge on any atom is -0.508 e. The van der Waals surface area contributed by atoms with E-state index in [2.05, 4.69) is 0 Å². The lowest BCUT2D eigenvalue weighted by Gasteiger charge is -2.19. The van der Waals surface area contributed by atoms with Gasteiger partial charge in [-0.3, -0.25) is 4.79 Å². The molecular weight excluding hydrogens is 226 g/mol. The molecule has 1 unspecified atom stereocenters. The summed E-state index contributed by atoms with van der Waals surface area (Å²) in [5.41, 5.74) is 1.78. The highest BCUT2D eigenvalue weighted by molar-refractivity contribution is 6.18. The first-order valence-electron chi connectivity index (χ1n) is 5.27. The Kier molecular flexibility index (Phi) is 3.06. The fraction of sp³-hybridized carbons (Fsp3) is 0.417. The van der Waals surface area contributed by atoms with Crippen molar-refractivity contribution in [2.45, 2.75) is 13.3 Å². The largest absolute Gasteiger partial charge is 0.508 e. The van der Waals surface area contributed by atoms with Crippen molar-refractivity contribution in [1.82, 2.24) is 0 Å². The van der Waals surface area contributed by atoms with E-state index in [1.165, 1.54) is 0 Å². The third-order valence-corrected chi connectivity index (χ3v) is 3.34. The number of carbonyl (C=O) groups excluding carboxylic acids is 1. The molecule has 0 aliphatic carbocycles. The molecule has 3 nitrogen and oxygen atoms in total. The molecule has 0 saturated carbocycles. The van der Waals surface area contributed by atoms with Gasteiger partial charge in [-0.2, -0.15) is 0 Å². The summed E-state index contributed by atoms with van der Waals surface area (Å²) in [6, 6.07) is 5.06. The molecule has 1 atom stereocenters. The molecule has 1 aliphatic rings. The average molecular weight is 240 g/mol. The molecule has 1 fully saturated rings. The van der Waals surface area contributed by atoms with Gasteiger partial charge in [-0.25, -0.2) is 0 Å². The summed E-state index contributed by atoms with van der Waals surface area (Å²) in [5, 5.41) is 9.44. The molecular formula is C12H14ClNO2. The van der Waals surface area contributed by atoms with Crippen molar-refractivity contribution >= 4 is 23.2 Å². The van der Waals surface area contributed by atoms with E-state index >= 15 is 0 Å². The van der Waals surface area contributed by atoms with Crippen LogP contribution in [0.5, 0.6) is 5.75 Å². The van der Waals surface area contributed by atoms with E-state index < -0.39 is 0 Å². The standard InChI is InChI=1S/C12H14ClNO2/c1-8-2-3-10(15)5-11(8)14-7-9(6-13)4-12(14)16/h2-3,5,9,15H,4,6-7H2,1H3. The van der Waals surface area contributed by atoms with Crippen LogP contribution in [0, 0.1) is 12.8 Å². The highest BCUT2D eigenvalue weighted by atomic mass is 35.5. The highest BCUT2D eigenvalue weighted by Gasteiger charge is 2.30. The van der Waals surface area contributed by atoms with Crippen molar-refractivity contribution in [2.75, 3.05) is 17.3 Å². The van der Waals surface area contributed by atoms with E-state index in [1.54, 1.807) is 17.0 Å². The Morgan fingerprint density at radius 3 is 2.94 bits per heavy atom. The third kappa shape index (κ3) is 2.00. The van der Waals surface area contributed by atoms with Crippen LogP contribution in [0.4, 0.5) is 5.69 Å². The number of benzene rings is 1. The van der Waals surface area contributed by atoms with Gasteiger partial charge in [0.25, 0.3) is 0 Å². The van der Waals surface area contributed by atoms with Crippen LogP contribution in [0.2, 0.25) is 0 Å². The van der Waals surface area contributed by atoms with E-state index in [9.17, 15) is 9.90 Å². The van der Waals surface area contributed by atoms with E-state index in [1.807, 2.05) is 13.0 Å². The zero-order valence-electron chi connectivity index (χ0n) is 9.11. The van der Waals surface area contributed by atoms with Crippen molar-refractivity contribution in [3.05, 3.63) is 23.8 Å². The van der Waals surface area contributed by atoms with Crippen molar-refractivity contribution < 1.29 is 9.90 Å². The summed E-state index contributed by atoms with van der Waals surface area (Å²) in [5.74, 6) is 0.984. The number of aryl methyl sites for hydroxylation is 1. The van der Waals surface area contributed by atoms with Gasteiger partial charge in [0.15, 0.2) is 0 Å². The summed E-state index contributed by atoms with van der Waals surface area (Å²) in [6.07, 6.45) is 0.499. The SMILES string of the molecule is Cc1ccc(O)cc1N1CC(CCl)CC1=O. The first kappa shape index (κ1) is 11.3. The lowest BCUT2D eigenvalue weighted by Crippen LogP contribution is -2.25. The molecule has 1 aromatic rings. The van der Waals surface area contributed by atoms with Gasteiger partial charge in [-0.05, 0) is 24.5 Å². The second kappa shape index (κ2) is 4.34. The minimum atomic E-state index is 0.0827. The smallest absolute Gasteiger partial charge is 0.227 e. The van der Waals surface area contributed by atoms with Crippen LogP contribution in [-0.4, -0.2) is 23.4 Å². The number of hydrogen-bond donors (Lipinski definition) is 1. The molecule has 1 N–H and O–H groups in total. The quantitative estimate of drug-likeness (QED) is 0.805. The molecule has 1 heterocycles. The number of carbonyl (C=O) groups is 1. The second-order valence-electron chi connectivity index (χ2n) is 4.20. The molecule has 0 radical (unpaired) electrons. The first-order valence-corrected chi connectivity index (χ1v) is 5.81. The summed E-state index contributed by atoms with van der Waals surface area (Å²) in [7, 11) is 0. The highest BCUT2D eigenvalue weighted by Crippen LogP contribution is 2.30.